The summed E-state index contributed by atoms with van der Waals surface area (Å²) in [7, 11) is 0. The van der Waals surface area contributed by atoms with Gasteiger partial charge in [0.15, 0.2) is 0 Å². The Balaban J connectivity index is 3.07. The minimum Gasteiger partial charge on any atom is -0.321 e. The SMILES string of the molecule is C=C[C@H](C)[C@](C)(N)c1ccc(C(F)(F)F)cc1. The fraction of sp³-hybridized carbons (Fsp3) is 0.385. The van der Waals surface area contributed by atoms with Crippen LogP contribution in [-0.4, -0.2) is 0 Å². The van der Waals surface area contributed by atoms with Crippen molar-refractivity contribution in [2.24, 2.45) is 11.7 Å². The van der Waals surface area contributed by atoms with Gasteiger partial charge >= 0.3 is 6.18 Å². The molecule has 0 amide bonds. The smallest absolute Gasteiger partial charge is 0.321 e. The lowest BCUT2D eigenvalue weighted by atomic mass is 9.81. The van der Waals surface area contributed by atoms with Gasteiger partial charge < -0.3 is 5.73 Å². The van der Waals surface area contributed by atoms with Gasteiger partial charge in [-0.05, 0) is 30.5 Å². The van der Waals surface area contributed by atoms with Crippen LogP contribution in [-0.2, 0) is 11.7 Å². The van der Waals surface area contributed by atoms with Crippen LogP contribution in [0.3, 0.4) is 0 Å². The first-order valence-electron chi connectivity index (χ1n) is 5.28. The van der Waals surface area contributed by atoms with Crippen molar-refractivity contribution in [3.05, 3.63) is 48.0 Å². The number of rotatable bonds is 3. The molecular weight excluding hydrogens is 227 g/mol. The fourth-order valence-electron chi connectivity index (χ4n) is 1.53. The van der Waals surface area contributed by atoms with Crippen LogP contribution in [0.2, 0.25) is 0 Å². The van der Waals surface area contributed by atoms with Gasteiger partial charge in [0, 0.05) is 5.54 Å². The van der Waals surface area contributed by atoms with Gasteiger partial charge in [0.2, 0.25) is 0 Å². The Morgan fingerprint density at radius 1 is 1.18 bits per heavy atom. The molecule has 0 saturated carbocycles. The highest BCUT2D eigenvalue weighted by Crippen LogP contribution is 2.32. The topological polar surface area (TPSA) is 26.0 Å². The molecular formula is C13H16F3N. The van der Waals surface area contributed by atoms with Crippen molar-refractivity contribution >= 4 is 0 Å². The van der Waals surface area contributed by atoms with E-state index in [9.17, 15) is 13.2 Å². The van der Waals surface area contributed by atoms with E-state index in [0.717, 1.165) is 12.1 Å². The molecule has 1 rings (SSSR count). The van der Waals surface area contributed by atoms with Gasteiger partial charge in [-0.1, -0.05) is 25.1 Å². The molecule has 0 aliphatic heterocycles. The normalized spacial score (nSPS) is 17.3. The minimum absolute atomic E-state index is 0.0285. The van der Waals surface area contributed by atoms with Crippen LogP contribution in [0.1, 0.15) is 25.0 Å². The maximum absolute atomic E-state index is 12.4. The Morgan fingerprint density at radius 3 is 1.94 bits per heavy atom. The molecule has 0 heterocycles. The van der Waals surface area contributed by atoms with E-state index >= 15 is 0 Å². The number of benzene rings is 1. The first-order valence-corrected chi connectivity index (χ1v) is 5.28. The molecule has 0 aliphatic rings. The highest BCUT2D eigenvalue weighted by molar-refractivity contribution is 5.30. The van der Waals surface area contributed by atoms with E-state index in [2.05, 4.69) is 6.58 Å². The van der Waals surface area contributed by atoms with Crippen LogP contribution in [0.25, 0.3) is 0 Å². The lowest BCUT2D eigenvalue weighted by molar-refractivity contribution is -0.137. The van der Waals surface area contributed by atoms with Crippen molar-refractivity contribution in [2.75, 3.05) is 0 Å². The number of hydrogen-bond donors (Lipinski definition) is 1. The van der Waals surface area contributed by atoms with Gasteiger partial charge in [0.25, 0.3) is 0 Å². The van der Waals surface area contributed by atoms with Crippen LogP contribution in [0.4, 0.5) is 13.2 Å². The Labute approximate surface area is 99.1 Å². The van der Waals surface area contributed by atoms with Crippen molar-refractivity contribution in [1.29, 1.82) is 0 Å². The first-order chi connectivity index (χ1) is 7.69. The third-order valence-corrected chi connectivity index (χ3v) is 3.13. The second-order valence-electron chi connectivity index (χ2n) is 4.38. The molecule has 0 spiro atoms. The molecule has 0 radical (unpaired) electrons. The molecule has 94 valence electrons. The van der Waals surface area contributed by atoms with Crippen molar-refractivity contribution in [1.82, 2.24) is 0 Å². The molecule has 0 saturated heterocycles. The summed E-state index contributed by atoms with van der Waals surface area (Å²) in [5.41, 5.74) is 5.38. The highest BCUT2D eigenvalue weighted by atomic mass is 19.4. The Hall–Kier alpha value is -1.29. The molecule has 4 heteroatoms. The maximum Gasteiger partial charge on any atom is 0.416 e. The molecule has 0 unspecified atom stereocenters. The molecule has 0 bridgehead atoms. The summed E-state index contributed by atoms with van der Waals surface area (Å²) >= 11 is 0. The minimum atomic E-state index is -4.31. The quantitative estimate of drug-likeness (QED) is 0.805. The van der Waals surface area contributed by atoms with Crippen LogP contribution in [0.5, 0.6) is 0 Å². The Bertz CT molecular complexity index is 390. The predicted octanol–water partition coefficient (Wildman–Crippen LogP) is 3.70. The standard InChI is InChI=1S/C13H16F3N/c1-4-9(2)12(3,17)10-5-7-11(8-6-10)13(14,15)16/h4-9H,1,17H2,2-3H3/t9-,12-/m0/s1. The molecule has 1 aromatic carbocycles. The lowest BCUT2D eigenvalue weighted by Gasteiger charge is -2.30. The zero-order valence-electron chi connectivity index (χ0n) is 9.88. The van der Waals surface area contributed by atoms with Crippen LogP contribution < -0.4 is 5.73 Å². The van der Waals surface area contributed by atoms with Crippen molar-refractivity contribution in [2.45, 2.75) is 25.6 Å². The summed E-state index contributed by atoms with van der Waals surface area (Å²) in [4.78, 5) is 0. The Kier molecular flexibility index (Phi) is 3.67. The van der Waals surface area contributed by atoms with Crippen LogP contribution >= 0.6 is 0 Å². The molecule has 0 fully saturated rings. The van der Waals surface area contributed by atoms with E-state index in [1.54, 1.807) is 13.0 Å². The summed E-state index contributed by atoms with van der Waals surface area (Å²) in [6, 6.07) is 4.94. The van der Waals surface area contributed by atoms with Gasteiger partial charge in [-0.2, -0.15) is 13.2 Å². The summed E-state index contributed by atoms with van der Waals surface area (Å²) in [5, 5.41) is 0. The van der Waals surface area contributed by atoms with E-state index in [1.807, 2.05) is 6.92 Å². The molecule has 2 atom stereocenters. The Morgan fingerprint density at radius 2 is 1.59 bits per heavy atom. The molecule has 1 aromatic rings. The molecule has 0 aliphatic carbocycles. The van der Waals surface area contributed by atoms with Crippen molar-refractivity contribution in [3.8, 4) is 0 Å². The first kappa shape index (κ1) is 13.8. The fourth-order valence-corrected chi connectivity index (χ4v) is 1.53. The molecule has 1 nitrogen and oxygen atoms in total. The number of alkyl halides is 3. The summed E-state index contributed by atoms with van der Waals surface area (Å²) in [5.74, 6) is -0.0285. The van der Waals surface area contributed by atoms with Gasteiger partial charge in [0.1, 0.15) is 0 Å². The van der Waals surface area contributed by atoms with Gasteiger partial charge in [-0.15, -0.1) is 6.58 Å². The molecule has 17 heavy (non-hydrogen) atoms. The zero-order valence-corrected chi connectivity index (χ0v) is 9.88. The summed E-state index contributed by atoms with van der Waals surface area (Å²) < 4.78 is 37.2. The van der Waals surface area contributed by atoms with E-state index < -0.39 is 17.3 Å². The highest BCUT2D eigenvalue weighted by Gasteiger charge is 2.32. The van der Waals surface area contributed by atoms with Crippen LogP contribution in [0.15, 0.2) is 36.9 Å². The number of nitrogens with two attached hydrogens (primary N) is 1. The lowest BCUT2D eigenvalue weighted by Crippen LogP contribution is -2.39. The van der Waals surface area contributed by atoms with E-state index in [-0.39, 0.29) is 5.92 Å². The monoisotopic (exact) mass is 243 g/mol. The summed E-state index contributed by atoms with van der Waals surface area (Å²) in [6.45, 7) is 7.31. The van der Waals surface area contributed by atoms with Crippen LogP contribution in [0, 0.1) is 5.92 Å². The summed E-state index contributed by atoms with van der Waals surface area (Å²) in [6.07, 6.45) is -2.62. The predicted molar refractivity (Wildman–Crippen MR) is 62.3 cm³/mol. The second kappa shape index (κ2) is 4.53. The molecule has 0 aromatic heterocycles. The van der Waals surface area contributed by atoms with E-state index in [0.29, 0.717) is 5.56 Å². The van der Waals surface area contributed by atoms with Gasteiger partial charge in [-0.3, -0.25) is 0 Å². The maximum atomic E-state index is 12.4. The third-order valence-electron chi connectivity index (χ3n) is 3.13. The third kappa shape index (κ3) is 2.88. The van der Waals surface area contributed by atoms with Gasteiger partial charge in [0.05, 0.1) is 5.56 Å². The average molecular weight is 243 g/mol. The van der Waals surface area contributed by atoms with Crippen molar-refractivity contribution < 1.29 is 13.2 Å². The number of hydrogen-bond acceptors (Lipinski definition) is 1. The largest absolute Gasteiger partial charge is 0.416 e. The molecule has 2 N–H and O–H groups in total. The average Bonchev–Trinajstić information content (AvgIpc) is 2.27. The van der Waals surface area contributed by atoms with Gasteiger partial charge in [-0.25, -0.2) is 0 Å². The number of halogens is 3. The van der Waals surface area contributed by atoms with Crippen molar-refractivity contribution in [3.63, 3.8) is 0 Å². The van der Waals surface area contributed by atoms with E-state index in [4.69, 9.17) is 5.73 Å². The zero-order chi connectivity index (χ0) is 13.3. The second-order valence-corrected chi connectivity index (χ2v) is 4.38. The van der Waals surface area contributed by atoms with E-state index in [1.165, 1.54) is 12.1 Å².